The number of halogens is 1. The van der Waals surface area contributed by atoms with E-state index in [-0.39, 0.29) is 5.82 Å². The lowest BCUT2D eigenvalue weighted by atomic mass is 9.99. The molecule has 0 saturated carbocycles. The normalized spacial score (nSPS) is 11.8. The molecule has 21 heavy (non-hydrogen) atoms. The third-order valence-electron chi connectivity index (χ3n) is 3.07. The fourth-order valence-corrected chi connectivity index (χ4v) is 2.04. The molecule has 1 unspecified atom stereocenters. The van der Waals surface area contributed by atoms with Gasteiger partial charge in [0.15, 0.2) is 6.10 Å². The highest BCUT2D eigenvalue weighted by atomic mass is 19.1. The minimum atomic E-state index is -0.648. The predicted molar refractivity (Wildman–Crippen MR) is 80.3 cm³/mol. The summed E-state index contributed by atoms with van der Waals surface area (Å²) in [5, 5.41) is 0. The van der Waals surface area contributed by atoms with Gasteiger partial charge in [-0.2, -0.15) is 0 Å². The molecule has 2 aromatic rings. The number of benzene rings is 2. The Balaban J connectivity index is 2.44. The number of hydrogen-bond donors (Lipinski definition) is 0. The van der Waals surface area contributed by atoms with Crippen molar-refractivity contribution in [2.24, 2.45) is 0 Å². The topological polar surface area (TPSA) is 26.3 Å². The first-order chi connectivity index (χ1) is 9.97. The number of hydrogen-bond acceptors (Lipinski definition) is 2. The van der Waals surface area contributed by atoms with Crippen LogP contribution in [0.15, 0.2) is 60.7 Å². The number of carbonyl (C=O) groups is 1. The van der Waals surface area contributed by atoms with Crippen LogP contribution in [0.25, 0.3) is 0 Å². The summed E-state index contributed by atoms with van der Waals surface area (Å²) in [4.78, 5) is 11.9. The molecule has 3 heteroatoms. The van der Waals surface area contributed by atoms with E-state index in [1.54, 1.807) is 19.1 Å². The first kappa shape index (κ1) is 15.0. The summed E-state index contributed by atoms with van der Waals surface area (Å²) < 4.78 is 18.9. The third-order valence-corrected chi connectivity index (χ3v) is 3.07. The van der Waals surface area contributed by atoms with Crippen LogP contribution in [0.1, 0.15) is 29.7 Å². The molecule has 0 radical (unpaired) electrons. The Hall–Kier alpha value is -2.42. The molecule has 0 saturated heterocycles. The van der Waals surface area contributed by atoms with Crippen LogP contribution < -0.4 is 0 Å². The molecule has 0 aliphatic rings. The fraction of sp³-hybridized carbons (Fsp3) is 0.167. The van der Waals surface area contributed by atoms with Crippen molar-refractivity contribution in [1.82, 2.24) is 0 Å². The van der Waals surface area contributed by atoms with Crippen molar-refractivity contribution in [3.8, 4) is 0 Å². The van der Waals surface area contributed by atoms with Gasteiger partial charge in [0.1, 0.15) is 5.82 Å². The van der Waals surface area contributed by atoms with Gasteiger partial charge in [0.2, 0.25) is 0 Å². The number of carbonyl (C=O) groups excluding carboxylic acids is 1. The van der Waals surface area contributed by atoms with E-state index in [0.29, 0.717) is 11.1 Å². The Kier molecular flexibility index (Phi) is 4.53. The molecule has 108 valence electrons. The first-order valence-corrected chi connectivity index (χ1v) is 6.66. The average Bonchev–Trinajstić information content (AvgIpc) is 2.44. The molecule has 2 nitrogen and oxygen atoms in total. The zero-order valence-electron chi connectivity index (χ0n) is 12.1. The Morgan fingerprint density at radius 3 is 2.33 bits per heavy atom. The van der Waals surface area contributed by atoms with E-state index >= 15 is 0 Å². The quantitative estimate of drug-likeness (QED) is 0.616. The molecule has 0 N–H and O–H groups in total. The zero-order chi connectivity index (χ0) is 15.4. The van der Waals surface area contributed by atoms with Crippen molar-refractivity contribution in [3.05, 3.63) is 83.2 Å². The van der Waals surface area contributed by atoms with E-state index in [1.165, 1.54) is 12.1 Å². The number of aryl methyl sites for hydroxylation is 1. The maximum Gasteiger partial charge on any atom is 0.334 e. The molecule has 0 spiro atoms. The molecule has 1 atom stereocenters. The molecule has 0 amide bonds. The van der Waals surface area contributed by atoms with Crippen molar-refractivity contribution in [3.63, 3.8) is 0 Å². The second-order valence-corrected chi connectivity index (χ2v) is 5.03. The number of rotatable bonds is 4. The lowest BCUT2D eigenvalue weighted by Gasteiger charge is -2.19. The molecular weight excluding hydrogens is 267 g/mol. The van der Waals surface area contributed by atoms with Gasteiger partial charge < -0.3 is 4.74 Å². The lowest BCUT2D eigenvalue weighted by Crippen LogP contribution is -2.13. The van der Waals surface area contributed by atoms with Crippen LogP contribution in [0.3, 0.4) is 0 Å². The summed E-state index contributed by atoms with van der Waals surface area (Å²) >= 11 is 0. The predicted octanol–water partition coefficient (Wildman–Crippen LogP) is 4.34. The fourth-order valence-electron chi connectivity index (χ4n) is 2.04. The van der Waals surface area contributed by atoms with Gasteiger partial charge in [-0.1, -0.05) is 48.5 Å². The zero-order valence-corrected chi connectivity index (χ0v) is 12.1. The lowest BCUT2D eigenvalue weighted by molar-refractivity contribution is -0.142. The van der Waals surface area contributed by atoms with Gasteiger partial charge in [-0.05, 0) is 37.1 Å². The Morgan fingerprint density at radius 2 is 1.76 bits per heavy atom. The van der Waals surface area contributed by atoms with Gasteiger partial charge in [0.25, 0.3) is 0 Å². The van der Waals surface area contributed by atoms with Crippen molar-refractivity contribution < 1.29 is 13.9 Å². The molecular formula is C18H17FO2. The van der Waals surface area contributed by atoms with Gasteiger partial charge in [0, 0.05) is 5.57 Å². The summed E-state index contributed by atoms with van der Waals surface area (Å²) in [5.74, 6) is -0.859. The van der Waals surface area contributed by atoms with E-state index in [0.717, 1.165) is 11.1 Å². The van der Waals surface area contributed by atoms with Crippen LogP contribution in [-0.4, -0.2) is 5.97 Å². The van der Waals surface area contributed by atoms with Crippen LogP contribution in [0.5, 0.6) is 0 Å². The van der Waals surface area contributed by atoms with E-state index in [1.807, 2.05) is 31.2 Å². The van der Waals surface area contributed by atoms with Crippen LogP contribution in [0.4, 0.5) is 4.39 Å². The average molecular weight is 284 g/mol. The van der Waals surface area contributed by atoms with Crippen molar-refractivity contribution in [2.75, 3.05) is 0 Å². The summed E-state index contributed by atoms with van der Waals surface area (Å²) in [6, 6.07) is 13.7. The highest BCUT2D eigenvalue weighted by Gasteiger charge is 2.20. The standard InChI is InChI=1S/C18H17FO2/c1-12(2)18(20)21-17(14-7-4-6-13(3)10-14)15-8-5-9-16(19)11-15/h4-11,17H,1H2,2-3H3. The van der Waals surface area contributed by atoms with Gasteiger partial charge in [0.05, 0.1) is 0 Å². The van der Waals surface area contributed by atoms with E-state index in [2.05, 4.69) is 6.58 Å². The van der Waals surface area contributed by atoms with Gasteiger partial charge in [-0.3, -0.25) is 0 Å². The summed E-state index contributed by atoms with van der Waals surface area (Å²) in [5.41, 5.74) is 2.75. The molecule has 0 aliphatic carbocycles. The monoisotopic (exact) mass is 284 g/mol. The minimum Gasteiger partial charge on any atom is -0.449 e. The molecule has 0 heterocycles. The van der Waals surface area contributed by atoms with Crippen molar-refractivity contribution in [2.45, 2.75) is 20.0 Å². The highest BCUT2D eigenvalue weighted by Crippen LogP contribution is 2.28. The maximum absolute atomic E-state index is 13.5. The maximum atomic E-state index is 13.5. The second-order valence-electron chi connectivity index (χ2n) is 5.03. The van der Waals surface area contributed by atoms with Crippen LogP contribution in [0, 0.1) is 12.7 Å². The number of ether oxygens (including phenoxy) is 1. The van der Waals surface area contributed by atoms with Gasteiger partial charge >= 0.3 is 5.97 Å². The highest BCUT2D eigenvalue weighted by molar-refractivity contribution is 5.87. The second kappa shape index (κ2) is 6.35. The molecule has 2 rings (SSSR count). The molecule has 0 aliphatic heterocycles. The van der Waals surface area contributed by atoms with Crippen molar-refractivity contribution >= 4 is 5.97 Å². The van der Waals surface area contributed by atoms with Crippen molar-refractivity contribution in [1.29, 1.82) is 0 Å². The van der Waals surface area contributed by atoms with Crippen LogP contribution in [-0.2, 0) is 9.53 Å². The SMILES string of the molecule is C=C(C)C(=O)OC(c1cccc(C)c1)c1cccc(F)c1. The Bertz CT molecular complexity index is 631. The smallest absolute Gasteiger partial charge is 0.334 e. The van der Waals surface area contributed by atoms with E-state index < -0.39 is 12.1 Å². The molecule has 0 aromatic heterocycles. The molecule has 2 aromatic carbocycles. The largest absolute Gasteiger partial charge is 0.449 e. The number of esters is 1. The summed E-state index contributed by atoms with van der Waals surface area (Å²) in [6.07, 6.45) is -0.648. The molecule has 0 fully saturated rings. The van der Waals surface area contributed by atoms with Gasteiger partial charge in [-0.15, -0.1) is 0 Å². The Labute approximate surface area is 123 Å². The third kappa shape index (κ3) is 3.78. The van der Waals surface area contributed by atoms with Gasteiger partial charge in [-0.25, -0.2) is 9.18 Å². The minimum absolute atomic E-state index is 0.309. The summed E-state index contributed by atoms with van der Waals surface area (Å²) in [7, 11) is 0. The summed E-state index contributed by atoms with van der Waals surface area (Å²) in [6.45, 7) is 7.12. The van der Waals surface area contributed by atoms with E-state index in [4.69, 9.17) is 4.74 Å². The van der Waals surface area contributed by atoms with Crippen LogP contribution in [0.2, 0.25) is 0 Å². The van der Waals surface area contributed by atoms with E-state index in [9.17, 15) is 9.18 Å². The van der Waals surface area contributed by atoms with Crippen LogP contribution >= 0.6 is 0 Å². The molecule has 0 bridgehead atoms. The Morgan fingerprint density at radius 1 is 1.14 bits per heavy atom. The first-order valence-electron chi connectivity index (χ1n) is 6.66.